The first-order chi connectivity index (χ1) is 22.9. The van der Waals surface area contributed by atoms with E-state index in [1.807, 2.05) is 0 Å². The Kier molecular flexibility index (Phi) is 10.7. The van der Waals surface area contributed by atoms with Gasteiger partial charge >= 0.3 is 6.09 Å². The molecule has 1 aliphatic heterocycles. The molecule has 268 valence electrons. The molecule has 48 heavy (non-hydrogen) atoms. The molecule has 3 saturated carbocycles. The number of ether oxygens (including phenoxy) is 2. The van der Waals surface area contributed by atoms with Crippen LogP contribution in [0.25, 0.3) is 0 Å². The normalized spacial score (nSPS) is 41.5. The summed E-state index contributed by atoms with van der Waals surface area (Å²) in [6.45, 7) is 11.9. The van der Waals surface area contributed by atoms with Crippen molar-refractivity contribution in [3.05, 3.63) is 41.5 Å². The van der Waals surface area contributed by atoms with Gasteiger partial charge in [-0.05, 0) is 109 Å². The lowest BCUT2D eigenvalue weighted by Gasteiger charge is -2.58. The van der Waals surface area contributed by atoms with Crippen LogP contribution in [0.5, 0.6) is 0 Å². The van der Waals surface area contributed by atoms with Gasteiger partial charge in [-0.2, -0.15) is 0 Å². The van der Waals surface area contributed by atoms with Gasteiger partial charge in [-0.3, -0.25) is 5.32 Å². The first kappa shape index (κ1) is 35.8. The predicted octanol–water partition coefficient (Wildman–Crippen LogP) is 7.16. The highest BCUT2D eigenvalue weighted by Gasteiger charge is 2.59. The summed E-state index contributed by atoms with van der Waals surface area (Å²) in [5.74, 6) is 4.81. The number of carbonyl (C=O) groups is 1. The van der Waals surface area contributed by atoms with Crippen molar-refractivity contribution in [2.75, 3.05) is 11.9 Å². The van der Waals surface area contributed by atoms with Gasteiger partial charge in [0, 0.05) is 12.1 Å². The first-order valence-electron chi connectivity index (χ1n) is 18.9. The molecule has 4 aliphatic carbocycles. The second kappa shape index (κ2) is 14.3. The fourth-order valence-corrected chi connectivity index (χ4v) is 11.2. The van der Waals surface area contributed by atoms with E-state index in [1.165, 1.54) is 56.9 Å². The van der Waals surface area contributed by atoms with E-state index in [4.69, 9.17) is 9.47 Å². The molecular formula is C40H61NO7. The third-order valence-electron chi connectivity index (χ3n) is 13.9. The monoisotopic (exact) mass is 667 g/mol. The summed E-state index contributed by atoms with van der Waals surface area (Å²) < 4.78 is 11.6. The largest absolute Gasteiger partial charge is 0.446 e. The molecule has 1 aromatic rings. The van der Waals surface area contributed by atoms with Crippen molar-refractivity contribution >= 4 is 11.8 Å². The minimum absolute atomic E-state index is 0.148. The Balaban J connectivity index is 1.04. The Labute approximate surface area is 287 Å². The maximum absolute atomic E-state index is 13.0. The lowest BCUT2D eigenvalue weighted by atomic mass is 9.47. The molecule has 1 saturated heterocycles. The van der Waals surface area contributed by atoms with Crippen LogP contribution in [0.15, 0.2) is 35.9 Å². The topological polar surface area (TPSA) is 128 Å². The molecule has 8 nitrogen and oxygen atoms in total. The number of nitrogens with one attached hydrogen (secondary N) is 1. The highest BCUT2D eigenvalue weighted by atomic mass is 16.6. The summed E-state index contributed by atoms with van der Waals surface area (Å²) in [5.41, 5.74) is 3.28. The molecule has 6 rings (SSSR count). The second-order valence-electron chi connectivity index (χ2n) is 17.1. The minimum Gasteiger partial charge on any atom is -0.446 e. The van der Waals surface area contributed by atoms with Crippen LogP contribution in [0.1, 0.15) is 117 Å². The molecule has 0 aromatic heterocycles. The van der Waals surface area contributed by atoms with Crippen molar-refractivity contribution in [2.45, 2.75) is 142 Å². The van der Waals surface area contributed by atoms with Crippen LogP contribution in [0, 0.1) is 46.3 Å². The highest BCUT2D eigenvalue weighted by molar-refractivity contribution is 5.84. The predicted molar refractivity (Wildman–Crippen MR) is 186 cm³/mol. The van der Waals surface area contributed by atoms with Crippen molar-refractivity contribution in [1.82, 2.24) is 0 Å². The summed E-state index contributed by atoms with van der Waals surface area (Å²) in [5, 5.41) is 43.0. The van der Waals surface area contributed by atoms with Gasteiger partial charge in [0.05, 0.1) is 6.61 Å². The molecule has 1 amide bonds. The average molecular weight is 668 g/mol. The zero-order chi connectivity index (χ0) is 34.4. The van der Waals surface area contributed by atoms with Crippen molar-refractivity contribution in [1.29, 1.82) is 0 Å². The van der Waals surface area contributed by atoms with Gasteiger partial charge in [0.25, 0.3) is 0 Å². The number of hydrogen-bond acceptors (Lipinski definition) is 7. The molecule has 4 fully saturated rings. The van der Waals surface area contributed by atoms with E-state index in [0.717, 1.165) is 54.8 Å². The SMILES string of the molecule is CC(C)CCC[C@@H](C)[C@H]1CC[C@H]2[C@@H]3CC=C4C[C@@H](OC(=O)Nc5ccc([C@@H]6O[C@H](CO)[C@@H](O)[C@H](O)[C@H]6O)cc5)CC[C@]4(C)[C@H]3CC[C@]12C. The number of carbonyl (C=O) groups excluding carboxylic acids is 1. The second-order valence-corrected chi connectivity index (χ2v) is 17.1. The van der Waals surface area contributed by atoms with Crippen LogP contribution < -0.4 is 5.32 Å². The average Bonchev–Trinajstić information content (AvgIpc) is 3.41. The smallest absolute Gasteiger partial charge is 0.411 e. The molecule has 0 spiro atoms. The van der Waals surface area contributed by atoms with Gasteiger partial charge in [0.15, 0.2) is 0 Å². The number of benzene rings is 1. The summed E-state index contributed by atoms with van der Waals surface area (Å²) >= 11 is 0. The molecule has 13 atom stereocenters. The van der Waals surface area contributed by atoms with Gasteiger partial charge in [0.2, 0.25) is 0 Å². The van der Waals surface area contributed by atoms with Crippen LogP contribution >= 0.6 is 0 Å². The van der Waals surface area contributed by atoms with E-state index < -0.39 is 43.2 Å². The fraction of sp³-hybridized carbons (Fsp3) is 0.775. The van der Waals surface area contributed by atoms with Gasteiger partial charge in [0.1, 0.15) is 36.6 Å². The number of allylic oxidation sites excluding steroid dienone is 1. The van der Waals surface area contributed by atoms with E-state index in [1.54, 1.807) is 24.3 Å². The maximum atomic E-state index is 13.0. The van der Waals surface area contributed by atoms with Crippen LogP contribution in [-0.4, -0.2) is 63.6 Å². The molecule has 8 heteroatoms. The lowest BCUT2D eigenvalue weighted by Crippen LogP contribution is -2.55. The standard InChI is InChI=1S/C40H61NO7/c1-23(2)7-6-8-24(3)30-15-16-31-29-14-11-26-21-28(17-19-39(26,4)32(29)18-20-40(30,31)5)47-38(46)41-27-12-9-25(10-13-27)37-36(45)35(44)34(43)33(22-42)48-37/h9-13,23-24,28-37,42-45H,6-8,14-22H2,1-5H3,(H,41,46)/t24-,28+,29+,30-,31+,32+,33-,34-,35+,36-,37+,39+,40-/m1/s1. The molecule has 0 radical (unpaired) electrons. The Bertz CT molecular complexity index is 1300. The highest BCUT2D eigenvalue weighted by Crippen LogP contribution is 2.67. The fourth-order valence-electron chi connectivity index (χ4n) is 11.2. The Morgan fingerprint density at radius 1 is 0.958 bits per heavy atom. The molecule has 0 bridgehead atoms. The lowest BCUT2D eigenvalue weighted by molar-refractivity contribution is -0.231. The molecule has 1 heterocycles. The van der Waals surface area contributed by atoms with E-state index in [-0.39, 0.29) is 11.5 Å². The van der Waals surface area contributed by atoms with Crippen LogP contribution in [0.2, 0.25) is 0 Å². The van der Waals surface area contributed by atoms with E-state index in [0.29, 0.717) is 16.7 Å². The number of hydrogen-bond donors (Lipinski definition) is 5. The van der Waals surface area contributed by atoms with E-state index in [9.17, 15) is 25.2 Å². The molecule has 5 N–H and O–H groups in total. The zero-order valence-electron chi connectivity index (χ0n) is 29.8. The summed E-state index contributed by atoms with van der Waals surface area (Å²) in [6, 6.07) is 6.76. The molecule has 1 aromatic carbocycles. The zero-order valence-corrected chi connectivity index (χ0v) is 29.8. The summed E-state index contributed by atoms with van der Waals surface area (Å²) in [7, 11) is 0. The van der Waals surface area contributed by atoms with E-state index >= 15 is 0 Å². The third kappa shape index (κ3) is 6.73. The van der Waals surface area contributed by atoms with Crippen molar-refractivity contribution in [3.63, 3.8) is 0 Å². The molecular weight excluding hydrogens is 606 g/mol. The van der Waals surface area contributed by atoms with Crippen molar-refractivity contribution in [3.8, 4) is 0 Å². The van der Waals surface area contributed by atoms with Crippen molar-refractivity contribution < 1.29 is 34.7 Å². The van der Waals surface area contributed by atoms with Gasteiger partial charge in [-0.25, -0.2) is 4.79 Å². The van der Waals surface area contributed by atoms with Gasteiger partial charge < -0.3 is 29.9 Å². The van der Waals surface area contributed by atoms with Crippen LogP contribution in [0.3, 0.4) is 0 Å². The quantitative estimate of drug-likeness (QED) is 0.177. The Morgan fingerprint density at radius 2 is 1.71 bits per heavy atom. The molecule has 5 aliphatic rings. The third-order valence-corrected chi connectivity index (χ3v) is 13.9. The summed E-state index contributed by atoms with van der Waals surface area (Å²) in [6.07, 6.45) is 9.30. The number of anilines is 1. The number of aliphatic hydroxyl groups excluding tert-OH is 4. The van der Waals surface area contributed by atoms with Crippen molar-refractivity contribution in [2.24, 2.45) is 46.3 Å². The molecule has 0 unspecified atom stereocenters. The van der Waals surface area contributed by atoms with E-state index in [2.05, 4.69) is 46.0 Å². The number of rotatable bonds is 9. The first-order valence-corrected chi connectivity index (χ1v) is 18.9. The Morgan fingerprint density at radius 3 is 2.42 bits per heavy atom. The number of amides is 1. The Hall–Kier alpha value is -1.97. The van der Waals surface area contributed by atoms with Crippen LogP contribution in [-0.2, 0) is 9.47 Å². The van der Waals surface area contributed by atoms with Gasteiger partial charge in [-0.15, -0.1) is 0 Å². The minimum atomic E-state index is -1.44. The van der Waals surface area contributed by atoms with Crippen LogP contribution in [0.4, 0.5) is 10.5 Å². The number of fused-ring (bicyclic) bond motifs is 5. The summed E-state index contributed by atoms with van der Waals surface area (Å²) in [4.78, 5) is 13.0. The number of aliphatic hydroxyl groups is 4. The maximum Gasteiger partial charge on any atom is 0.411 e. The van der Waals surface area contributed by atoms with Gasteiger partial charge in [-0.1, -0.05) is 77.7 Å².